The van der Waals surface area contributed by atoms with Crippen LogP contribution in [0, 0.1) is 0 Å². The lowest BCUT2D eigenvalue weighted by Crippen LogP contribution is -2.49. The smallest absolute Gasteiger partial charge is 0.220 e. The van der Waals surface area contributed by atoms with Crippen molar-refractivity contribution >= 4 is 5.91 Å². The number of nitrogens with zero attached hydrogens (tertiary/aromatic N) is 3. The molecule has 10 N–H and O–H groups in total. The van der Waals surface area contributed by atoms with Crippen LogP contribution in [0.3, 0.4) is 0 Å². The Kier molecular flexibility index (Phi) is 15.3. The molecule has 13 nitrogen and oxygen atoms in total. The molecule has 0 aliphatic heterocycles. The Bertz CT molecular complexity index is 1200. The Balaban J connectivity index is 1.40. The summed E-state index contributed by atoms with van der Waals surface area (Å²) in [5.74, 6) is 0.357. The quantitative estimate of drug-likeness (QED) is 0.0735. The Morgan fingerprint density at radius 3 is 2.07 bits per heavy atom. The number of carbonyl (C=O) groups excluding carboxylic acids is 1. The molecule has 3 rings (SSSR count). The van der Waals surface area contributed by atoms with Gasteiger partial charge in [-0.3, -0.25) is 4.79 Å². The molecule has 242 valence electrons. The van der Waals surface area contributed by atoms with Gasteiger partial charge in [0.1, 0.15) is 18.3 Å². The summed E-state index contributed by atoms with van der Waals surface area (Å²) in [5, 5.41) is 67.8. The number of unbranched alkanes of at least 4 members (excludes halogenated alkanes) is 2. The van der Waals surface area contributed by atoms with Crippen molar-refractivity contribution in [2.75, 3.05) is 26.2 Å². The van der Waals surface area contributed by atoms with Crippen molar-refractivity contribution in [1.82, 2.24) is 31.3 Å². The second-order valence-electron chi connectivity index (χ2n) is 11.0. The second kappa shape index (κ2) is 19.2. The highest BCUT2D eigenvalue weighted by atomic mass is 16.4. The van der Waals surface area contributed by atoms with Gasteiger partial charge in [0.25, 0.3) is 0 Å². The summed E-state index contributed by atoms with van der Waals surface area (Å²) in [6.07, 6.45) is -0.0633. The molecule has 13 heteroatoms. The van der Waals surface area contributed by atoms with Crippen LogP contribution in [0.15, 0.2) is 48.5 Å². The summed E-state index contributed by atoms with van der Waals surface area (Å²) < 4.78 is 0. The highest BCUT2D eigenvalue weighted by Crippen LogP contribution is 2.22. The SMILES string of the molecule is NCCCCc1ccc(-c2ccc(CCC(=O)N[C@@H](CCCCNC[C@H](O)[C@@H](O)[C@H](O)[C@H](O)CO)c3nnn[nH]3)cc2)cc1. The molecule has 0 saturated heterocycles. The monoisotopic (exact) mass is 613 g/mol. The van der Waals surface area contributed by atoms with E-state index in [0.717, 1.165) is 42.5 Å². The first-order chi connectivity index (χ1) is 21.3. The van der Waals surface area contributed by atoms with Gasteiger partial charge in [0.15, 0.2) is 5.82 Å². The van der Waals surface area contributed by atoms with Crippen LogP contribution in [-0.2, 0) is 17.6 Å². The minimum absolute atomic E-state index is 0.00848. The number of carbonyl (C=O) groups is 1. The number of amides is 1. The van der Waals surface area contributed by atoms with Crippen LogP contribution in [0.2, 0.25) is 0 Å². The first-order valence-corrected chi connectivity index (χ1v) is 15.3. The Hall–Kier alpha value is -3.30. The molecule has 3 aromatic rings. The maximum atomic E-state index is 12.8. The zero-order valence-electron chi connectivity index (χ0n) is 25.1. The van der Waals surface area contributed by atoms with Crippen LogP contribution in [-0.4, -0.2) is 103 Å². The minimum Gasteiger partial charge on any atom is -0.394 e. The summed E-state index contributed by atoms with van der Waals surface area (Å²) in [6, 6.07) is 16.5. The minimum atomic E-state index is -1.66. The lowest BCUT2D eigenvalue weighted by Gasteiger charge is -2.25. The van der Waals surface area contributed by atoms with E-state index in [4.69, 9.17) is 10.8 Å². The average Bonchev–Trinajstić information content (AvgIpc) is 3.59. The van der Waals surface area contributed by atoms with Crippen molar-refractivity contribution in [1.29, 1.82) is 0 Å². The molecule has 0 bridgehead atoms. The number of nitrogens with two attached hydrogens (primary N) is 1. The molecule has 1 heterocycles. The number of aryl methyl sites for hydroxylation is 2. The Morgan fingerprint density at radius 1 is 0.841 bits per heavy atom. The summed E-state index contributed by atoms with van der Waals surface area (Å²) in [5.41, 5.74) is 10.2. The average molecular weight is 614 g/mol. The van der Waals surface area contributed by atoms with Gasteiger partial charge in [-0.05, 0) is 90.7 Å². The van der Waals surface area contributed by atoms with Crippen molar-refractivity contribution < 1.29 is 30.3 Å². The number of aromatic nitrogens is 4. The van der Waals surface area contributed by atoms with Crippen LogP contribution in [0.25, 0.3) is 11.1 Å². The second-order valence-corrected chi connectivity index (χ2v) is 11.0. The van der Waals surface area contributed by atoms with Crippen molar-refractivity contribution in [2.24, 2.45) is 5.73 Å². The van der Waals surface area contributed by atoms with Gasteiger partial charge in [-0.2, -0.15) is 0 Å². The molecule has 1 amide bonds. The molecule has 5 atom stereocenters. The number of benzene rings is 2. The molecule has 0 spiro atoms. The fourth-order valence-corrected chi connectivity index (χ4v) is 4.85. The molecule has 0 fully saturated rings. The third kappa shape index (κ3) is 11.7. The highest BCUT2D eigenvalue weighted by molar-refractivity contribution is 5.76. The molecular weight excluding hydrogens is 566 g/mol. The fourth-order valence-electron chi connectivity index (χ4n) is 4.85. The normalized spacial score (nSPS) is 15.0. The van der Waals surface area contributed by atoms with E-state index >= 15 is 0 Å². The number of tetrazole rings is 1. The van der Waals surface area contributed by atoms with Crippen LogP contribution >= 0.6 is 0 Å². The van der Waals surface area contributed by atoms with E-state index in [1.165, 1.54) is 5.56 Å². The third-order valence-corrected chi connectivity index (χ3v) is 7.60. The molecule has 1 aromatic heterocycles. The molecule has 2 aromatic carbocycles. The van der Waals surface area contributed by atoms with E-state index in [1.807, 2.05) is 12.1 Å². The first kappa shape index (κ1) is 35.2. The Labute approximate surface area is 257 Å². The molecule has 0 aliphatic rings. The van der Waals surface area contributed by atoms with Gasteiger partial charge in [-0.1, -0.05) is 48.5 Å². The third-order valence-electron chi connectivity index (χ3n) is 7.60. The standard InChI is InChI=1S/C31H47N7O6/c32-17-3-1-5-21-7-12-23(13-8-21)24-14-9-22(10-15-24)11-16-28(42)34-25(31-35-37-38-36-31)6-2-4-18-33-19-26(40)29(43)30(44)27(41)20-39/h7-10,12-15,25-27,29-30,33,39-41,43-44H,1-6,11,16-20,32H2,(H,34,42)(H,35,36,37,38)/t25-,26-,27+,29+,30+/m0/s1. The van der Waals surface area contributed by atoms with Gasteiger partial charge in [-0.25, -0.2) is 5.10 Å². The van der Waals surface area contributed by atoms with E-state index in [-0.39, 0.29) is 18.5 Å². The van der Waals surface area contributed by atoms with Gasteiger partial charge in [0, 0.05) is 13.0 Å². The number of aliphatic hydroxyl groups is 5. The number of H-pyrrole nitrogens is 1. The number of rotatable bonds is 21. The largest absolute Gasteiger partial charge is 0.394 e. The number of hydrogen-bond acceptors (Lipinski definition) is 11. The lowest BCUT2D eigenvalue weighted by molar-refractivity contribution is -0.121. The maximum Gasteiger partial charge on any atom is 0.220 e. The van der Waals surface area contributed by atoms with Gasteiger partial charge in [0.05, 0.1) is 18.8 Å². The van der Waals surface area contributed by atoms with Gasteiger partial charge in [0.2, 0.25) is 5.91 Å². The summed E-state index contributed by atoms with van der Waals surface area (Å²) >= 11 is 0. The zero-order valence-corrected chi connectivity index (χ0v) is 25.1. The highest BCUT2D eigenvalue weighted by Gasteiger charge is 2.29. The van der Waals surface area contributed by atoms with Crippen LogP contribution in [0.4, 0.5) is 0 Å². The van der Waals surface area contributed by atoms with E-state index in [0.29, 0.717) is 44.5 Å². The van der Waals surface area contributed by atoms with Crippen molar-refractivity contribution in [3.8, 4) is 11.1 Å². The van der Waals surface area contributed by atoms with E-state index in [2.05, 4.69) is 67.7 Å². The van der Waals surface area contributed by atoms with E-state index in [9.17, 15) is 25.2 Å². The summed E-state index contributed by atoms with van der Waals surface area (Å²) in [6.45, 7) is 0.496. The van der Waals surface area contributed by atoms with E-state index in [1.54, 1.807) is 0 Å². The molecule has 0 aliphatic carbocycles. The molecule has 44 heavy (non-hydrogen) atoms. The van der Waals surface area contributed by atoms with Crippen molar-refractivity contribution in [3.05, 3.63) is 65.5 Å². The predicted molar refractivity (Wildman–Crippen MR) is 165 cm³/mol. The van der Waals surface area contributed by atoms with Gasteiger partial charge in [-0.15, -0.1) is 5.10 Å². The van der Waals surface area contributed by atoms with Gasteiger partial charge < -0.3 is 41.9 Å². The van der Waals surface area contributed by atoms with Crippen LogP contribution < -0.4 is 16.4 Å². The molecule has 0 unspecified atom stereocenters. The number of aliphatic hydroxyl groups excluding tert-OH is 5. The number of nitrogens with one attached hydrogen (secondary N) is 3. The maximum absolute atomic E-state index is 12.8. The van der Waals surface area contributed by atoms with Gasteiger partial charge >= 0.3 is 0 Å². The number of hydrogen-bond donors (Lipinski definition) is 9. The molecule has 0 saturated carbocycles. The van der Waals surface area contributed by atoms with Crippen molar-refractivity contribution in [2.45, 2.75) is 81.8 Å². The summed E-state index contributed by atoms with van der Waals surface area (Å²) in [7, 11) is 0. The van der Waals surface area contributed by atoms with Crippen molar-refractivity contribution in [3.63, 3.8) is 0 Å². The first-order valence-electron chi connectivity index (χ1n) is 15.3. The Morgan fingerprint density at radius 2 is 1.48 bits per heavy atom. The predicted octanol–water partition coefficient (Wildman–Crippen LogP) is 0.134. The molecule has 0 radical (unpaired) electrons. The number of aromatic amines is 1. The summed E-state index contributed by atoms with van der Waals surface area (Å²) in [4.78, 5) is 12.8. The zero-order chi connectivity index (χ0) is 31.7. The molecular formula is C31H47N7O6. The van der Waals surface area contributed by atoms with E-state index < -0.39 is 31.0 Å². The van der Waals surface area contributed by atoms with Crippen LogP contribution in [0.5, 0.6) is 0 Å². The topological polar surface area (TPSA) is 223 Å². The fraction of sp³-hybridized carbons (Fsp3) is 0.548. The van der Waals surface area contributed by atoms with Crippen LogP contribution in [0.1, 0.15) is 61.5 Å². The lowest BCUT2D eigenvalue weighted by atomic mass is 9.99.